The molecule has 2 aromatic heterocycles. The third kappa shape index (κ3) is 9.10. The van der Waals surface area contributed by atoms with Crippen molar-refractivity contribution in [3.63, 3.8) is 0 Å². The molecule has 3 aliphatic rings. The standard InChI is InChI=1S/C44H53ClN10O5/c1-28(56)50-37(57)7-6-14-55-39(59)35-11-9-33(21-31(35)26-49-55)53-19-17-52(18-20-53)15-12-29-13-16-54(27-29)42-47-24-32(25-48-42)38(58)51-40-43(2,3)41(44(40,4)5)60-34-10-8-30(23-46)36(45)22-34/h8-11,21-22,24-26,29,40-41H,6-7,12-20,27H2,1-5H3,(H,51,58)(H,50,56,57)/t29?,40-,41-. The number of halogens is 1. The highest BCUT2D eigenvalue weighted by molar-refractivity contribution is 6.31. The minimum Gasteiger partial charge on any atom is -0.489 e. The molecule has 15 nitrogen and oxygen atoms in total. The van der Waals surface area contributed by atoms with E-state index >= 15 is 0 Å². The predicted octanol–water partition coefficient (Wildman–Crippen LogP) is 4.81. The van der Waals surface area contributed by atoms with Crippen molar-refractivity contribution in [2.75, 3.05) is 55.6 Å². The molecular weight excluding hydrogens is 784 g/mol. The topological polar surface area (TPSA) is 179 Å². The van der Waals surface area contributed by atoms with Gasteiger partial charge in [-0.15, -0.1) is 0 Å². The number of ether oxygens (including phenoxy) is 1. The van der Waals surface area contributed by atoms with E-state index in [-0.39, 0.29) is 46.8 Å². The summed E-state index contributed by atoms with van der Waals surface area (Å²) in [5.74, 6) is 0.773. The SMILES string of the molecule is CC(=O)NC(=O)CCCn1ncc2cc(N3CCN(CCC4CCN(c5ncc(C(=O)N[C@H]6C(C)(C)[C@H](Oc7ccc(C#N)c(Cl)c7)C6(C)C)cn5)C4)CC3)ccc2c1=O. The van der Waals surface area contributed by atoms with Crippen LogP contribution in [0.4, 0.5) is 11.6 Å². The van der Waals surface area contributed by atoms with E-state index in [9.17, 15) is 24.4 Å². The van der Waals surface area contributed by atoms with Gasteiger partial charge in [-0.25, -0.2) is 14.6 Å². The highest BCUT2D eigenvalue weighted by Gasteiger charge is 2.64. The Balaban J connectivity index is 0.843. The van der Waals surface area contributed by atoms with E-state index in [1.54, 1.807) is 36.8 Å². The van der Waals surface area contributed by atoms with Gasteiger partial charge in [-0.1, -0.05) is 39.3 Å². The number of nitrogens with zero attached hydrogens (tertiary/aromatic N) is 8. The fourth-order valence-corrected chi connectivity index (χ4v) is 9.65. The summed E-state index contributed by atoms with van der Waals surface area (Å²) in [4.78, 5) is 65.6. The number of nitrogens with one attached hydrogen (secondary N) is 2. The molecule has 1 unspecified atom stereocenters. The van der Waals surface area contributed by atoms with Crippen LogP contribution in [0.2, 0.25) is 5.02 Å². The van der Waals surface area contributed by atoms with Crippen molar-refractivity contribution >= 4 is 51.7 Å². The summed E-state index contributed by atoms with van der Waals surface area (Å²) in [6.07, 6.45) is 7.42. The molecule has 3 fully saturated rings. The molecule has 2 aliphatic heterocycles. The van der Waals surface area contributed by atoms with Crippen molar-refractivity contribution in [3.8, 4) is 11.8 Å². The summed E-state index contributed by atoms with van der Waals surface area (Å²) >= 11 is 6.25. The van der Waals surface area contributed by atoms with E-state index in [0.717, 1.165) is 69.7 Å². The lowest BCUT2D eigenvalue weighted by Crippen LogP contribution is -2.74. The van der Waals surface area contributed by atoms with Gasteiger partial charge in [0, 0.05) is 106 Å². The monoisotopic (exact) mass is 836 g/mol. The first-order chi connectivity index (χ1) is 28.6. The summed E-state index contributed by atoms with van der Waals surface area (Å²) in [5, 5.41) is 20.7. The van der Waals surface area contributed by atoms with Gasteiger partial charge in [0.15, 0.2) is 0 Å². The number of benzene rings is 2. The van der Waals surface area contributed by atoms with Crippen LogP contribution in [0.15, 0.2) is 59.8 Å². The van der Waals surface area contributed by atoms with E-state index < -0.39 is 5.91 Å². The lowest BCUT2D eigenvalue weighted by atomic mass is 9.49. The summed E-state index contributed by atoms with van der Waals surface area (Å²) in [7, 11) is 0. The van der Waals surface area contributed by atoms with Gasteiger partial charge in [-0.3, -0.25) is 29.4 Å². The summed E-state index contributed by atoms with van der Waals surface area (Å²) in [6, 6.07) is 12.8. The minimum absolute atomic E-state index is 0.141. The van der Waals surface area contributed by atoms with Gasteiger partial charge in [0.1, 0.15) is 17.9 Å². The van der Waals surface area contributed by atoms with Crippen molar-refractivity contribution in [2.45, 2.75) is 79.0 Å². The highest BCUT2D eigenvalue weighted by Crippen LogP contribution is 2.55. The maximum absolute atomic E-state index is 13.4. The fourth-order valence-electron chi connectivity index (χ4n) is 9.44. The molecule has 1 aliphatic carbocycles. The van der Waals surface area contributed by atoms with Crippen LogP contribution in [0, 0.1) is 28.1 Å². The first-order valence-electron chi connectivity index (χ1n) is 20.7. The number of piperazine rings is 1. The Morgan fingerprint density at radius 1 is 0.950 bits per heavy atom. The number of aromatic nitrogens is 4. The van der Waals surface area contributed by atoms with Gasteiger partial charge in [0.2, 0.25) is 17.8 Å². The Labute approximate surface area is 355 Å². The third-order valence-electron chi connectivity index (χ3n) is 12.4. The van der Waals surface area contributed by atoms with E-state index in [2.05, 4.69) is 74.2 Å². The Morgan fingerprint density at radius 2 is 1.68 bits per heavy atom. The molecule has 16 heteroatoms. The number of carbonyl (C=O) groups is 3. The molecule has 0 radical (unpaired) electrons. The lowest BCUT2D eigenvalue weighted by Gasteiger charge is -2.63. The molecule has 7 rings (SSSR count). The van der Waals surface area contributed by atoms with Crippen LogP contribution < -0.4 is 30.7 Å². The number of hydrogen-bond acceptors (Lipinski definition) is 12. The van der Waals surface area contributed by atoms with Crippen LogP contribution in [-0.2, 0) is 16.1 Å². The van der Waals surface area contributed by atoms with Crippen molar-refractivity contribution in [1.29, 1.82) is 5.26 Å². The molecule has 1 atom stereocenters. The van der Waals surface area contributed by atoms with Crippen LogP contribution in [0.25, 0.3) is 10.8 Å². The highest BCUT2D eigenvalue weighted by atomic mass is 35.5. The lowest BCUT2D eigenvalue weighted by molar-refractivity contribution is -0.164. The number of imide groups is 1. The van der Waals surface area contributed by atoms with E-state index in [4.69, 9.17) is 16.3 Å². The molecule has 4 heterocycles. The van der Waals surface area contributed by atoms with Gasteiger partial charge in [0.05, 0.1) is 27.7 Å². The second kappa shape index (κ2) is 17.6. The van der Waals surface area contributed by atoms with Gasteiger partial charge < -0.3 is 19.9 Å². The average Bonchev–Trinajstić information content (AvgIpc) is 3.71. The van der Waals surface area contributed by atoms with Crippen LogP contribution in [0.5, 0.6) is 5.75 Å². The molecule has 2 saturated heterocycles. The third-order valence-corrected chi connectivity index (χ3v) is 12.7. The number of nitriles is 1. The van der Waals surface area contributed by atoms with Crippen molar-refractivity contribution in [2.24, 2.45) is 16.7 Å². The number of anilines is 2. The number of amides is 3. The normalized spacial score (nSPS) is 20.9. The van der Waals surface area contributed by atoms with Crippen molar-refractivity contribution < 1.29 is 19.1 Å². The van der Waals surface area contributed by atoms with Crippen LogP contribution in [0.3, 0.4) is 0 Å². The number of hydrogen-bond donors (Lipinski definition) is 2. The minimum atomic E-state index is -0.397. The Kier molecular flexibility index (Phi) is 12.4. The number of carbonyl (C=O) groups excluding carboxylic acids is 3. The van der Waals surface area contributed by atoms with E-state index in [1.165, 1.54) is 11.6 Å². The summed E-state index contributed by atoms with van der Waals surface area (Å²) in [5.41, 5.74) is 0.914. The Morgan fingerprint density at radius 3 is 2.37 bits per heavy atom. The van der Waals surface area contributed by atoms with Gasteiger partial charge in [-0.2, -0.15) is 10.4 Å². The molecule has 4 aromatic rings. The molecule has 0 spiro atoms. The largest absolute Gasteiger partial charge is 0.489 e. The second-order valence-corrected chi connectivity index (χ2v) is 17.8. The molecular formula is C44H53ClN10O5. The maximum atomic E-state index is 13.4. The first-order valence-corrected chi connectivity index (χ1v) is 21.0. The van der Waals surface area contributed by atoms with Gasteiger partial charge >= 0.3 is 0 Å². The number of fused-ring (bicyclic) bond motifs is 1. The van der Waals surface area contributed by atoms with Crippen molar-refractivity contribution in [1.82, 2.24) is 35.3 Å². The molecule has 1 saturated carbocycles. The quantitative estimate of drug-likeness (QED) is 0.188. The smallest absolute Gasteiger partial charge is 0.274 e. The number of rotatable bonds is 13. The van der Waals surface area contributed by atoms with Gasteiger partial charge in [-0.05, 0) is 62.1 Å². The summed E-state index contributed by atoms with van der Waals surface area (Å²) < 4.78 is 7.74. The fraction of sp³-hybridized carbons (Fsp3) is 0.500. The maximum Gasteiger partial charge on any atom is 0.274 e. The number of aryl methyl sites for hydroxylation is 1. The average molecular weight is 837 g/mol. The molecule has 60 heavy (non-hydrogen) atoms. The molecule has 2 aromatic carbocycles. The molecule has 3 amide bonds. The van der Waals surface area contributed by atoms with E-state index in [0.29, 0.717) is 52.1 Å². The second-order valence-electron chi connectivity index (χ2n) is 17.4. The zero-order chi connectivity index (χ0) is 42.8. The predicted molar refractivity (Wildman–Crippen MR) is 229 cm³/mol. The Hall–Kier alpha value is -5.59. The van der Waals surface area contributed by atoms with Gasteiger partial charge in [0.25, 0.3) is 11.5 Å². The van der Waals surface area contributed by atoms with E-state index in [1.807, 2.05) is 18.2 Å². The molecule has 2 N–H and O–H groups in total. The van der Waals surface area contributed by atoms with Crippen LogP contribution in [0.1, 0.15) is 76.2 Å². The Bertz CT molecular complexity index is 2340. The van der Waals surface area contributed by atoms with Crippen molar-refractivity contribution in [3.05, 3.63) is 81.5 Å². The zero-order valence-corrected chi connectivity index (χ0v) is 35.7. The molecule has 316 valence electrons. The molecule has 0 bridgehead atoms. The van der Waals surface area contributed by atoms with Crippen LogP contribution in [-0.4, -0.2) is 100 Å². The summed E-state index contributed by atoms with van der Waals surface area (Å²) in [6.45, 7) is 16.3. The van der Waals surface area contributed by atoms with Crippen LogP contribution >= 0.6 is 11.6 Å². The zero-order valence-electron chi connectivity index (χ0n) is 34.9. The first kappa shape index (κ1) is 42.5.